The lowest BCUT2D eigenvalue weighted by Gasteiger charge is -2.16. The molecule has 4 aromatic carbocycles. The second-order valence-corrected chi connectivity index (χ2v) is 9.73. The number of alkyl halides is 1. The van der Waals surface area contributed by atoms with E-state index >= 15 is 0 Å². The molecule has 0 fully saturated rings. The zero-order chi connectivity index (χ0) is 30.9. The summed E-state index contributed by atoms with van der Waals surface area (Å²) in [7, 11) is 0. The van der Waals surface area contributed by atoms with Crippen molar-refractivity contribution in [1.82, 2.24) is 0 Å². The van der Waals surface area contributed by atoms with Crippen LogP contribution >= 0.6 is 15.9 Å². The second kappa shape index (κ2) is 18.4. The predicted octanol–water partition coefficient (Wildman–Crippen LogP) is 12.9. The third kappa shape index (κ3) is 8.89. The molecule has 0 heterocycles. The first kappa shape index (κ1) is 33.3. The zero-order valence-electron chi connectivity index (χ0n) is 25.9. The van der Waals surface area contributed by atoms with Gasteiger partial charge in [0.05, 0.1) is 0 Å². The van der Waals surface area contributed by atoms with E-state index in [0.29, 0.717) is 0 Å². The standard InChI is InChI=1S/C39H34.C2H6.CH3Br/c1-3-5-17-30-27-34(37-25-14-13-23-35(37)31-19-9-7-10-20-31)29-33(18-6-4-2)39(28-30)38-26-16-15-24-36(38)32-21-11-8-12-22-32;2*1-2/h3-26,29H,2,27-28H2,1H3;1-2H3;1H3/b5-3-,18-6-,30-17-;;. The molecule has 0 nitrogen and oxygen atoms in total. The minimum Gasteiger partial charge on any atom is -0.0991 e. The molecule has 0 bridgehead atoms. The zero-order valence-corrected chi connectivity index (χ0v) is 27.5. The van der Waals surface area contributed by atoms with Gasteiger partial charge in [0.2, 0.25) is 0 Å². The Hall–Kier alpha value is -4.20. The van der Waals surface area contributed by atoms with Crippen LogP contribution in [0.4, 0.5) is 0 Å². The molecule has 0 saturated heterocycles. The van der Waals surface area contributed by atoms with E-state index in [1.165, 1.54) is 55.7 Å². The van der Waals surface area contributed by atoms with E-state index in [1.807, 2.05) is 25.8 Å². The van der Waals surface area contributed by atoms with Crippen molar-refractivity contribution in [3.8, 4) is 22.3 Å². The van der Waals surface area contributed by atoms with Crippen molar-refractivity contribution in [3.05, 3.63) is 181 Å². The first-order valence-electron chi connectivity index (χ1n) is 15.0. The molecule has 218 valence electrons. The second-order valence-electron chi connectivity index (χ2n) is 9.73. The Morgan fingerprint density at radius 2 is 1.09 bits per heavy atom. The van der Waals surface area contributed by atoms with Gasteiger partial charge in [-0.25, -0.2) is 0 Å². The van der Waals surface area contributed by atoms with E-state index in [2.05, 4.69) is 175 Å². The van der Waals surface area contributed by atoms with Gasteiger partial charge in [-0.15, -0.1) is 0 Å². The molecule has 0 N–H and O–H groups in total. The van der Waals surface area contributed by atoms with Gasteiger partial charge in [0.25, 0.3) is 0 Å². The lowest BCUT2D eigenvalue weighted by atomic mass is 9.88. The van der Waals surface area contributed by atoms with Crippen molar-refractivity contribution in [3.63, 3.8) is 0 Å². The van der Waals surface area contributed by atoms with Gasteiger partial charge in [0.1, 0.15) is 0 Å². The van der Waals surface area contributed by atoms with E-state index in [4.69, 9.17) is 0 Å². The Bertz CT molecular complexity index is 1600. The van der Waals surface area contributed by atoms with Crippen LogP contribution in [0.2, 0.25) is 0 Å². The highest BCUT2D eigenvalue weighted by Gasteiger charge is 2.20. The van der Waals surface area contributed by atoms with Crippen LogP contribution in [0, 0.1) is 0 Å². The SMILES string of the molecule is C=C/C=C\C1=C(c2ccccc2-c2ccccc2)C/C(=C\C=C/C)CC(c2ccccc2-c2ccccc2)=C1.CBr.CC. The summed E-state index contributed by atoms with van der Waals surface area (Å²) < 4.78 is 0. The van der Waals surface area contributed by atoms with E-state index in [9.17, 15) is 0 Å². The van der Waals surface area contributed by atoms with Crippen molar-refractivity contribution < 1.29 is 0 Å². The van der Waals surface area contributed by atoms with Gasteiger partial charge in [0, 0.05) is 0 Å². The first-order chi connectivity index (χ1) is 21.3. The Morgan fingerprint density at radius 3 is 1.63 bits per heavy atom. The van der Waals surface area contributed by atoms with Crippen molar-refractivity contribution in [1.29, 1.82) is 0 Å². The third-order valence-electron chi connectivity index (χ3n) is 7.13. The number of hydrogen-bond donors (Lipinski definition) is 0. The van der Waals surface area contributed by atoms with Crippen LogP contribution in [-0.4, -0.2) is 5.83 Å². The number of halogens is 1. The Kier molecular flexibility index (Phi) is 14.2. The van der Waals surface area contributed by atoms with Crippen LogP contribution in [0.15, 0.2) is 169 Å². The van der Waals surface area contributed by atoms with Gasteiger partial charge < -0.3 is 0 Å². The van der Waals surface area contributed by atoms with E-state index < -0.39 is 0 Å². The topological polar surface area (TPSA) is 0 Å². The molecule has 0 amide bonds. The number of rotatable bonds is 7. The first-order valence-corrected chi connectivity index (χ1v) is 16.6. The molecule has 0 radical (unpaired) electrons. The molecule has 4 aromatic rings. The molecule has 0 aromatic heterocycles. The lowest BCUT2D eigenvalue weighted by Crippen LogP contribution is -1.94. The molecule has 5 rings (SSSR count). The van der Waals surface area contributed by atoms with Crippen molar-refractivity contribution in [2.24, 2.45) is 0 Å². The van der Waals surface area contributed by atoms with E-state index in [0.717, 1.165) is 12.8 Å². The fourth-order valence-electron chi connectivity index (χ4n) is 5.30. The van der Waals surface area contributed by atoms with E-state index in [1.54, 1.807) is 0 Å². The molecule has 0 saturated carbocycles. The fourth-order valence-corrected chi connectivity index (χ4v) is 5.30. The van der Waals surface area contributed by atoms with Gasteiger partial charge in [-0.1, -0.05) is 194 Å². The molecule has 0 unspecified atom stereocenters. The van der Waals surface area contributed by atoms with Crippen LogP contribution in [0.3, 0.4) is 0 Å². The number of benzene rings is 4. The van der Waals surface area contributed by atoms with Gasteiger partial charge in [-0.3, -0.25) is 0 Å². The van der Waals surface area contributed by atoms with Crippen LogP contribution in [-0.2, 0) is 0 Å². The van der Waals surface area contributed by atoms with Crippen molar-refractivity contribution >= 4 is 27.1 Å². The average Bonchev–Trinajstić information content (AvgIpc) is 3.28. The maximum atomic E-state index is 3.97. The Morgan fingerprint density at radius 1 is 0.605 bits per heavy atom. The molecule has 1 aliphatic carbocycles. The summed E-state index contributed by atoms with van der Waals surface area (Å²) in [4.78, 5) is 0. The smallest absolute Gasteiger partial charge is 0.00485 e. The van der Waals surface area contributed by atoms with Gasteiger partial charge >= 0.3 is 0 Å². The molecule has 0 atom stereocenters. The molecular weight excluding hydrogens is 584 g/mol. The van der Waals surface area contributed by atoms with Gasteiger partial charge in [-0.05, 0) is 75.7 Å². The minimum atomic E-state index is 0.874. The summed E-state index contributed by atoms with van der Waals surface area (Å²) in [6.07, 6.45) is 16.9. The summed E-state index contributed by atoms with van der Waals surface area (Å²) in [6, 6.07) is 39.0. The Labute approximate surface area is 268 Å². The Balaban J connectivity index is 0.00000121. The summed E-state index contributed by atoms with van der Waals surface area (Å²) in [5, 5.41) is 0. The summed E-state index contributed by atoms with van der Waals surface area (Å²) in [5.41, 5.74) is 12.8. The summed E-state index contributed by atoms with van der Waals surface area (Å²) in [6.45, 7) is 10.0. The van der Waals surface area contributed by atoms with E-state index in [-0.39, 0.29) is 0 Å². The highest BCUT2D eigenvalue weighted by atomic mass is 79.9. The van der Waals surface area contributed by atoms with Crippen LogP contribution in [0.25, 0.3) is 33.4 Å². The number of allylic oxidation sites excluding steroid dienone is 11. The quantitative estimate of drug-likeness (QED) is 0.141. The molecule has 43 heavy (non-hydrogen) atoms. The highest BCUT2D eigenvalue weighted by molar-refractivity contribution is 9.08. The number of hydrogen-bond acceptors (Lipinski definition) is 0. The molecule has 0 aliphatic heterocycles. The largest absolute Gasteiger partial charge is 0.0991 e. The van der Waals surface area contributed by atoms with Crippen molar-refractivity contribution in [2.45, 2.75) is 33.6 Å². The molecule has 0 spiro atoms. The maximum absolute atomic E-state index is 3.97. The minimum absolute atomic E-state index is 0.874. The molecule has 1 aliphatic rings. The highest BCUT2D eigenvalue weighted by Crippen LogP contribution is 2.42. The molecule has 1 heteroatoms. The summed E-state index contributed by atoms with van der Waals surface area (Å²) >= 11 is 2.94. The monoisotopic (exact) mass is 626 g/mol. The van der Waals surface area contributed by atoms with Gasteiger partial charge in [-0.2, -0.15) is 0 Å². The average molecular weight is 628 g/mol. The van der Waals surface area contributed by atoms with Gasteiger partial charge in [0.15, 0.2) is 0 Å². The van der Waals surface area contributed by atoms with Crippen LogP contribution in [0.1, 0.15) is 44.7 Å². The van der Waals surface area contributed by atoms with Crippen molar-refractivity contribution in [2.75, 3.05) is 5.83 Å². The molecular formula is C42H43Br. The predicted molar refractivity (Wildman–Crippen MR) is 196 cm³/mol. The third-order valence-corrected chi connectivity index (χ3v) is 7.13. The van der Waals surface area contributed by atoms with Crippen LogP contribution in [0.5, 0.6) is 0 Å². The summed E-state index contributed by atoms with van der Waals surface area (Å²) in [5.74, 6) is 1.81. The normalized spacial score (nSPS) is 14.0. The lowest BCUT2D eigenvalue weighted by molar-refractivity contribution is 1.14. The maximum Gasteiger partial charge on any atom is -0.00485 e. The van der Waals surface area contributed by atoms with Crippen LogP contribution < -0.4 is 0 Å². The fraction of sp³-hybridized carbons (Fsp3) is 0.143.